The Morgan fingerprint density at radius 3 is 2.41 bits per heavy atom. The summed E-state index contributed by atoms with van der Waals surface area (Å²) in [5.74, 6) is -0.349. The van der Waals surface area contributed by atoms with Crippen molar-refractivity contribution in [1.29, 1.82) is 0 Å². The lowest BCUT2D eigenvalue weighted by Gasteiger charge is -2.20. The number of halogens is 2. The molecule has 0 unspecified atom stereocenters. The van der Waals surface area contributed by atoms with Crippen LogP contribution in [0.1, 0.15) is 26.7 Å². The first-order chi connectivity index (χ1) is 10.2. The van der Waals surface area contributed by atoms with E-state index in [0.717, 1.165) is 17.1 Å². The lowest BCUT2D eigenvalue weighted by atomic mass is 10.2. The summed E-state index contributed by atoms with van der Waals surface area (Å²) < 4.78 is 25.9. The summed E-state index contributed by atoms with van der Waals surface area (Å²) in [6.07, 6.45) is 1.58. The molecule has 0 radical (unpaired) electrons. The SMILES string of the molecule is CCC(CC)NC(=O)CN(C)S(=O)(=O)c1cc(Cl)ccc1Cl. The van der Waals surface area contributed by atoms with Crippen molar-refractivity contribution in [3.63, 3.8) is 0 Å². The molecule has 0 aliphatic carbocycles. The predicted octanol–water partition coefficient (Wildman–Crippen LogP) is 2.92. The van der Waals surface area contributed by atoms with Crippen molar-refractivity contribution in [1.82, 2.24) is 9.62 Å². The third-order valence-corrected chi connectivity index (χ3v) is 5.82. The quantitative estimate of drug-likeness (QED) is 0.806. The fourth-order valence-corrected chi connectivity index (χ4v) is 3.76. The fraction of sp³-hybridized carbons (Fsp3) is 0.500. The molecule has 0 atom stereocenters. The number of nitrogens with zero attached hydrogens (tertiary/aromatic N) is 1. The lowest BCUT2D eigenvalue weighted by Crippen LogP contribution is -2.42. The third-order valence-electron chi connectivity index (χ3n) is 3.30. The summed E-state index contributed by atoms with van der Waals surface area (Å²) in [5, 5.41) is 3.12. The summed E-state index contributed by atoms with van der Waals surface area (Å²) in [6, 6.07) is 4.23. The molecule has 1 N–H and O–H groups in total. The number of sulfonamides is 1. The predicted molar refractivity (Wildman–Crippen MR) is 88.8 cm³/mol. The maximum absolute atomic E-state index is 12.5. The molecule has 1 aromatic carbocycles. The van der Waals surface area contributed by atoms with Gasteiger partial charge in [-0.3, -0.25) is 4.79 Å². The van der Waals surface area contributed by atoms with E-state index in [1.54, 1.807) is 0 Å². The first-order valence-corrected chi connectivity index (χ1v) is 9.12. The van der Waals surface area contributed by atoms with Gasteiger partial charge < -0.3 is 5.32 Å². The second-order valence-corrected chi connectivity index (χ2v) is 7.77. The standard InChI is InChI=1S/C14H20Cl2N2O3S/c1-4-11(5-2)17-14(19)9-18(3)22(20,21)13-8-10(15)6-7-12(13)16/h6-8,11H,4-5,9H2,1-3H3,(H,17,19). The summed E-state index contributed by atoms with van der Waals surface area (Å²) >= 11 is 11.7. The molecule has 0 aliphatic rings. The molecule has 1 rings (SSSR count). The zero-order valence-electron chi connectivity index (χ0n) is 12.8. The molecule has 8 heteroatoms. The van der Waals surface area contributed by atoms with Crippen molar-refractivity contribution in [2.75, 3.05) is 13.6 Å². The van der Waals surface area contributed by atoms with Gasteiger partial charge in [0.15, 0.2) is 0 Å². The molecule has 0 spiro atoms. The Labute approximate surface area is 141 Å². The van der Waals surface area contributed by atoms with Crippen molar-refractivity contribution >= 4 is 39.1 Å². The van der Waals surface area contributed by atoms with Crippen molar-refractivity contribution in [2.24, 2.45) is 0 Å². The van der Waals surface area contributed by atoms with E-state index in [-0.39, 0.29) is 33.4 Å². The van der Waals surface area contributed by atoms with Gasteiger partial charge in [-0.1, -0.05) is 37.0 Å². The topological polar surface area (TPSA) is 66.5 Å². The fourth-order valence-electron chi connectivity index (χ4n) is 1.90. The second kappa shape index (κ2) is 8.15. The average molecular weight is 367 g/mol. The van der Waals surface area contributed by atoms with E-state index in [1.807, 2.05) is 13.8 Å². The minimum absolute atomic E-state index is 0.0401. The van der Waals surface area contributed by atoms with Crippen LogP contribution in [0.5, 0.6) is 0 Å². The first-order valence-electron chi connectivity index (χ1n) is 6.93. The zero-order chi connectivity index (χ0) is 16.9. The molecule has 0 saturated carbocycles. The van der Waals surface area contributed by atoms with Crippen LogP contribution in [0.15, 0.2) is 23.1 Å². The molecule has 0 saturated heterocycles. The summed E-state index contributed by atoms with van der Waals surface area (Å²) in [6.45, 7) is 3.64. The molecular formula is C14H20Cl2N2O3S. The Kier molecular flexibility index (Phi) is 7.12. The van der Waals surface area contributed by atoms with Crippen LogP contribution in [0.2, 0.25) is 10.0 Å². The van der Waals surface area contributed by atoms with Gasteiger partial charge in [0.1, 0.15) is 4.90 Å². The van der Waals surface area contributed by atoms with E-state index in [4.69, 9.17) is 23.2 Å². The maximum atomic E-state index is 12.5. The zero-order valence-corrected chi connectivity index (χ0v) is 15.1. The van der Waals surface area contributed by atoms with Crippen LogP contribution >= 0.6 is 23.2 Å². The molecule has 124 valence electrons. The highest BCUT2D eigenvalue weighted by Gasteiger charge is 2.26. The van der Waals surface area contributed by atoms with E-state index in [1.165, 1.54) is 25.2 Å². The second-order valence-electron chi connectivity index (χ2n) is 4.92. The molecule has 22 heavy (non-hydrogen) atoms. The normalized spacial score (nSPS) is 12.0. The van der Waals surface area contributed by atoms with Crippen molar-refractivity contribution < 1.29 is 13.2 Å². The summed E-state index contributed by atoms with van der Waals surface area (Å²) in [5.41, 5.74) is 0. The molecule has 1 amide bonds. The number of carbonyl (C=O) groups excluding carboxylic acids is 1. The van der Waals surface area contributed by atoms with Crippen LogP contribution in [0.4, 0.5) is 0 Å². The third kappa shape index (κ3) is 4.84. The molecule has 0 heterocycles. The number of hydrogen-bond acceptors (Lipinski definition) is 3. The van der Waals surface area contributed by atoms with E-state index in [0.29, 0.717) is 0 Å². The highest BCUT2D eigenvalue weighted by molar-refractivity contribution is 7.89. The molecule has 0 fully saturated rings. The number of nitrogens with one attached hydrogen (secondary N) is 1. The Morgan fingerprint density at radius 2 is 1.86 bits per heavy atom. The lowest BCUT2D eigenvalue weighted by molar-refractivity contribution is -0.121. The number of rotatable bonds is 7. The number of carbonyl (C=O) groups is 1. The molecule has 1 aromatic rings. The number of amides is 1. The Hall–Kier alpha value is -0.820. The molecule has 0 aromatic heterocycles. The highest BCUT2D eigenvalue weighted by Crippen LogP contribution is 2.27. The van der Waals surface area contributed by atoms with Gasteiger partial charge in [0, 0.05) is 18.1 Å². The van der Waals surface area contributed by atoms with E-state index in [9.17, 15) is 13.2 Å². The monoisotopic (exact) mass is 366 g/mol. The van der Waals surface area contributed by atoms with Gasteiger partial charge in [0.2, 0.25) is 15.9 Å². The Morgan fingerprint density at radius 1 is 1.27 bits per heavy atom. The minimum atomic E-state index is -3.88. The van der Waals surface area contributed by atoms with Gasteiger partial charge in [-0.15, -0.1) is 0 Å². The van der Waals surface area contributed by atoms with Crippen LogP contribution in [0.3, 0.4) is 0 Å². The molecule has 0 bridgehead atoms. The van der Waals surface area contributed by atoms with E-state index in [2.05, 4.69) is 5.32 Å². The van der Waals surface area contributed by atoms with Gasteiger partial charge >= 0.3 is 0 Å². The highest BCUT2D eigenvalue weighted by atomic mass is 35.5. The number of hydrogen-bond donors (Lipinski definition) is 1. The van der Waals surface area contributed by atoms with Gasteiger partial charge in [0.25, 0.3) is 0 Å². The smallest absolute Gasteiger partial charge is 0.244 e. The van der Waals surface area contributed by atoms with Crippen molar-refractivity contribution in [3.8, 4) is 0 Å². The van der Waals surface area contributed by atoms with E-state index >= 15 is 0 Å². The van der Waals surface area contributed by atoms with Crippen molar-refractivity contribution in [2.45, 2.75) is 37.6 Å². The van der Waals surface area contributed by atoms with Crippen LogP contribution in [0.25, 0.3) is 0 Å². The summed E-state index contributed by atoms with van der Waals surface area (Å²) in [7, 11) is -2.55. The largest absolute Gasteiger partial charge is 0.352 e. The minimum Gasteiger partial charge on any atom is -0.352 e. The summed E-state index contributed by atoms with van der Waals surface area (Å²) in [4.78, 5) is 11.8. The van der Waals surface area contributed by atoms with Gasteiger partial charge in [0.05, 0.1) is 11.6 Å². The van der Waals surface area contributed by atoms with Crippen LogP contribution in [0, 0.1) is 0 Å². The van der Waals surface area contributed by atoms with Gasteiger partial charge in [-0.25, -0.2) is 8.42 Å². The van der Waals surface area contributed by atoms with Crippen LogP contribution in [-0.2, 0) is 14.8 Å². The average Bonchev–Trinajstić information content (AvgIpc) is 2.46. The molecule has 5 nitrogen and oxygen atoms in total. The Bertz CT molecular complexity index is 631. The van der Waals surface area contributed by atoms with E-state index < -0.39 is 10.0 Å². The number of likely N-dealkylation sites (N-methyl/N-ethyl adjacent to an activating group) is 1. The number of benzene rings is 1. The molecule has 0 aliphatic heterocycles. The van der Waals surface area contributed by atoms with Crippen molar-refractivity contribution in [3.05, 3.63) is 28.2 Å². The van der Waals surface area contributed by atoms with Crippen LogP contribution in [-0.4, -0.2) is 38.3 Å². The van der Waals surface area contributed by atoms with Gasteiger partial charge in [-0.2, -0.15) is 4.31 Å². The maximum Gasteiger partial charge on any atom is 0.244 e. The van der Waals surface area contributed by atoms with Crippen LogP contribution < -0.4 is 5.32 Å². The molecular weight excluding hydrogens is 347 g/mol. The van der Waals surface area contributed by atoms with Gasteiger partial charge in [-0.05, 0) is 31.0 Å². The first kappa shape index (κ1) is 19.2. The Balaban J connectivity index is 2.89.